The number of para-hydroxylation sites is 2. The molecular formula is C39H26N4O. The molecule has 5 heteroatoms. The Kier molecular flexibility index (Phi) is 6.20. The van der Waals surface area contributed by atoms with E-state index in [2.05, 4.69) is 70.2 Å². The van der Waals surface area contributed by atoms with E-state index in [9.17, 15) is 0 Å². The summed E-state index contributed by atoms with van der Waals surface area (Å²) in [5, 5.41) is 13.1. The van der Waals surface area contributed by atoms with E-state index in [1.807, 2.05) is 84.9 Å². The molecule has 5 nitrogen and oxygen atoms in total. The van der Waals surface area contributed by atoms with Gasteiger partial charge in [-0.25, -0.2) is 9.98 Å². The molecule has 0 bridgehead atoms. The third kappa shape index (κ3) is 4.39. The fraction of sp³-hybridized carbons (Fsp3) is 0. The predicted octanol–water partition coefficient (Wildman–Crippen LogP) is 9.57. The van der Waals surface area contributed by atoms with E-state index in [0.717, 1.165) is 66.1 Å². The Bertz CT molecular complexity index is 2380. The zero-order valence-electron chi connectivity index (χ0n) is 23.7. The molecule has 8 rings (SSSR count). The first-order valence-electron chi connectivity index (χ1n) is 14.5. The molecule has 0 atom stereocenters. The Morgan fingerprint density at radius 1 is 0.591 bits per heavy atom. The van der Waals surface area contributed by atoms with Crippen molar-refractivity contribution < 1.29 is 4.42 Å². The third-order valence-corrected chi connectivity index (χ3v) is 7.96. The molecule has 0 aliphatic heterocycles. The van der Waals surface area contributed by atoms with Crippen LogP contribution in [0, 0.1) is 5.41 Å². The number of hydrogen-bond donors (Lipinski definition) is 1. The molecule has 8 aromatic rings. The van der Waals surface area contributed by atoms with Gasteiger partial charge in [0, 0.05) is 39.2 Å². The molecule has 44 heavy (non-hydrogen) atoms. The summed E-state index contributed by atoms with van der Waals surface area (Å²) in [4.78, 5) is 9.40. The minimum atomic E-state index is 0.159. The molecule has 0 saturated heterocycles. The molecule has 0 spiro atoms. The number of hydrogen-bond acceptors (Lipinski definition) is 2. The van der Waals surface area contributed by atoms with Crippen molar-refractivity contribution in [2.75, 3.05) is 0 Å². The van der Waals surface area contributed by atoms with Crippen molar-refractivity contribution in [3.8, 4) is 5.69 Å². The molecule has 2 aromatic heterocycles. The van der Waals surface area contributed by atoms with Crippen LogP contribution in [0.15, 0.2) is 160 Å². The van der Waals surface area contributed by atoms with Crippen LogP contribution in [0.25, 0.3) is 49.4 Å². The SMILES string of the molecule is N=C(N=C(N=Cc1ccccc1)c1ccc(-n2c3ccccc3c3c4oc5ccccc5c4ccc32)cc1)c1ccccc1. The van der Waals surface area contributed by atoms with Gasteiger partial charge in [0.25, 0.3) is 0 Å². The average Bonchev–Trinajstić information content (AvgIpc) is 3.63. The summed E-state index contributed by atoms with van der Waals surface area (Å²) in [7, 11) is 0. The van der Waals surface area contributed by atoms with Gasteiger partial charge in [-0.15, -0.1) is 0 Å². The van der Waals surface area contributed by atoms with Gasteiger partial charge in [0.1, 0.15) is 11.2 Å². The predicted molar refractivity (Wildman–Crippen MR) is 182 cm³/mol. The average molecular weight is 567 g/mol. The van der Waals surface area contributed by atoms with Crippen LogP contribution < -0.4 is 0 Å². The van der Waals surface area contributed by atoms with Gasteiger partial charge in [0.05, 0.1) is 16.4 Å². The summed E-state index contributed by atoms with van der Waals surface area (Å²) < 4.78 is 8.72. The fourth-order valence-electron chi connectivity index (χ4n) is 5.88. The van der Waals surface area contributed by atoms with Gasteiger partial charge in [0.15, 0.2) is 11.7 Å². The maximum Gasteiger partial charge on any atom is 0.161 e. The number of aromatic nitrogens is 1. The number of rotatable bonds is 4. The molecule has 0 saturated carbocycles. The number of nitrogens with zero attached hydrogens (tertiary/aromatic N) is 3. The van der Waals surface area contributed by atoms with Crippen molar-refractivity contribution in [3.05, 3.63) is 162 Å². The molecule has 0 fully saturated rings. The van der Waals surface area contributed by atoms with Gasteiger partial charge in [-0.05, 0) is 54.1 Å². The van der Waals surface area contributed by atoms with Crippen LogP contribution in [0.3, 0.4) is 0 Å². The molecular weight excluding hydrogens is 540 g/mol. The van der Waals surface area contributed by atoms with E-state index in [4.69, 9.17) is 14.8 Å². The van der Waals surface area contributed by atoms with Crippen LogP contribution >= 0.6 is 0 Å². The summed E-state index contributed by atoms with van der Waals surface area (Å²) in [5.74, 6) is 0.632. The van der Waals surface area contributed by atoms with Crippen LogP contribution in [0.4, 0.5) is 0 Å². The highest BCUT2D eigenvalue weighted by Crippen LogP contribution is 2.40. The lowest BCUT2D eigenvalue weighted by Crippen LogP contribution is -2.05. The Hall–Kier alpha value is -6.07. The first-order valence-corrected chi connectivity index (χ1v) is 14.5. The minimum Gasteiger partial charge on any atom is -0.455 e. The van der Waals surface area contributed by atoms with Gasteiger partial charge in [-0.3, -0.25) is 5.41 Å². The quantitative estimate of drug-likeness (QED) is 0.167. The Balaban J connectivity index is 1.26. The minimum absolute atomic E-state index is 0.159. The van der Waals surface area contributed by atoms with E-state index in [-0.39, 0.29) is 5.84 Å². The first-order chi connectivity index (χ1) is 21.7. The molecule has 0 unspecified atom stereocenters. The van der Waals surface area contributed by atoms with E-state index in [1.54, 1.807) is 6.21 Å². The number of fused-ring (bicyclic) bond motifs is 7. The van der Waals surface area contributed by atoms with Gasteiger partial charge >= 0.3 is 0 Å². The highest BCUT2D eigenvalue weighted by Gasteiger charge is 2.18. The monoisotopic (exact) mass is 566 g/mol. The van der Waals surface area contributed by atoms with Gasteiger partial charge in [-0.1, -0.05) is 97.1 Å². The second-order valence-corrected chi connectivity index (χ2v) is 10.7. The topological polar surface area (TPSA) is 66.6 Å². The standard InChI is InChI=1S/C39H26N4O/c40-38(27-13-5-2-6-14-27)42-39(41-25-26-11-3-1-4-12-26)28-19-21-29(22-20-28)43-33-17-9-7-16-32(33)36-34(43)24-23-31-30-15-8-10-18-35(30)44-37(31)36/h1-25,40H. The zero-order valence-corrected chi connectivity index (χ0v) is 23.7. The second-order valence-electron chi connectivity index (χ2n) is 10.7. The number of nitrogens with one attached hydrogen (secondary N) is 1. The summed E-state index contributed by atoms with van der Waals surface area (Å²) in [6, 6.07) is 48.6. The van der Waals surface area contributed by atoms with E-state index >= 15 is 0 Å². The first kappa shape index (κ1) is 25.6. The zero-order chi connectivity index (χ0) is 29.5. The molecule has 0 aliphatic carbocycles. The largest absolute Gasteiger partial charge is 0.455 e. The number of aliphatic imine (C=N–C) groups is 2. The molecule has 1 N–H and O–H groups in total. The lowest BCUT2D eigenvalue weighted by atomic mass is 10.1. The molecule has 208 valence electrons. The van der Waals surface area contributed by atoms with Gasteiger partial charge < -0.3 is 8.98 Å². The third-order valence-electron chi connectivity index (χ3n) is 7.96. The molecule has 6 aromatic carbocycles. The maximum atomic E-state index is 8.66. The smallest absolute Gasteiger partial charge is 0.161 e. The van der Waals surface area contributed by atoms with Crippen molar-refractivity contribution in [1.29, 1.82) is 5.41 Å². The van der Waals surface area contributed by atoms with Crippen LogP contribution in [0.2, 0.25) is 0 Å². The Labute approximate surface area is 253 Å². The second kappa shape index (κ2) is 10.6. The van der Waals surface area contributed by atoms with Crippen molar-refractivity contribution in [1.82, 2.24) is 4.57 Å². The fourth-order valence-corrected chi connectivity index (χ4v) is 5.88. The summed E-state index contributed by atoms with van der Waals surface area (Å²) in [5.41, 5.74) is 7.50. The summed E-state index contributed by atoms with van der Waals surface area (Å²) in [6.45, 7) is 0. The lowest BCUT2D eigenvalue weighted by molar-refractivity contribution is 0.673. The number of amidine groups is 2. The Morgan fingerprint density at radius 3 is 2.07 bits per heavy atom. The van der Waals surface area contributed by atoms with Crippen LogP contribution in [0.5, 0.6) is 0 Å². The highest BCUT2D eigenvalue weighted by atomic mass is 16.3. The summed E-state index contributed by atoms with van der Waals surface area (Å²) in [6.07, 6.45) is 1.79. The summed E-state index contributed by atoms with van der Waals surface area (Å²) >= 11 is 0. The van der Waals surface area contributed by atoms with Crippen molar-refractivity contribution >= 4 is 61.6 Å². The molecule has 0 radical (unpaired) electrons. The van der Waals surface area contributed by atoms with Crippen molar-refractivity contribution in [3.63, 3.8) is 0 Å². The van der Waals surface area contributed by atoms with Gasteiger partial charge in [-0.2, -0.15) is 0 Å². The van der Waals surface area contributed by atoms with Crippen molar-refractivity contribution in [2.45, 2.75) is 0 Å². The van der Waals surface area contributed by atoms with E-state index in [0.29, 0.717) is 5.84 Å². The van der Waals surface area contributed by atoms with E-state index in [1.165, 1.54) is 0 Å². The normalized spacial score (nSPS) is 12.2. The number of benzene rings is 6. The van der Waals surface area contributed by atoms with Crippen LogP contribution in [-0.2, 0) is 0 Å². The van der Waals surface area contributed by atoms with E-state index < -0.39 is 0 Å². The van der Waals surface area contributed by atoms with Crippen LogP contribution in [0.1, 0.15) is 16.7 Å². The molecule has 0 amide bonds. The Morgan fingerprint density at radius 2 is 1.27 bits per heavy atom. The van der Waals surface area contributed by atoms with Crippen LogP contribution in [-0.4, -0.2) is 22.5 Å². The maximum absolute atomic E-state index is 8.66. The van der Waals surface area contributed by atoms with Crippen molar-refractivity contribution in [2.24, 2.45) is 9.98 Å². The lowest BCUT2D eigenvalue weighted by Gasteiger charge is -2.09. The molecule has 0 aliphatic rings. The van der Waals surface area contributed by atoms with Gasteiger partial charge in [0.2, 0.25) is 0 Å². The highest BCUT2D eigenvalue weighted by molar-refractivity contribution is 6.24. The molecule has 2 heterocycles. The number of furan rings is 1.